The second kappa shape index (κ2) is 45.8. The summed E-state index contributed by atoms with van der Waals surface area (Å²) >= 11 is 0. The van der Waals surface area contributed by atoms with E-state index in [0.717, 1.165) is 116 Å². The van der Waals surface area contributed by atoms with Crippen molar-refractivity contribution in [1.82, 2.24) is 5.32 Å². The van der Waals surface area contributed by atoms with Gasteiger partial charge < -0.3 is 19.8 Å². The quantitative estimate of drug-likeness (QED) is 0.0244. The number of phosphoric ester groups is 1. The fourth-order valence-electron chi connectivity index (χ4n) is 6.18. The second-order valence-corrected chi connectivity index (χ2v) is 18.9. The van der Waals surface area contributed by atoms with Crippen LogP contribution in [-0.2, 0) is 18.4 Å². The van der Waals surface area contributed by atoms with Crippen molar-refractivity contribution in [2.75, 3.05) is 40.9 Å². The van der Waals surface area contributed by atoms with Crippen LogP contribution in [0.5, 0.6) is 0 Å². The van der Waals surface area contributed by atoms with Crippen molar-refractivity contribution in [3.63, 3.8) is 0 Å². The number of aliphatic hydroxyl groups excluding tert-OH is 1. The van der Waals surface area contributed by atoms with E-state index in [-0.39, 0.29) is 19.1 Å². The van der Waals surface area contributed by atoms with Gasteiger partial charge in [0.2, 0.25) is 5.91 Å². The number of nitrogens with zero attached hydrogens (tertiary/aromatic N) is 1. The van der Waals surface area contributed by atoms with Crippen LogP contribution in [0.3, 0.4) is 0 Å². The highest BCUT2D eigenvalue weighted by Gasteiger charge is 2.27. The molecule has 0 heterocycles. The van der Waals surface area contributed by atoms with E-state index in [1.165, 1.54) is 25.7 Å². The number of unbranched alkanes of at least 4 members (excludes halogenated alkanes) is 10. The Balaban J connectivity index is 4.19. The molecule has 0 aromatic carbocycles. The van der Waals surface area contributed by atoms with E-state index >= 15 is 0 Å². The van der Waals surface area contributed by atoms with Gasteiger partial charge in [-0.15, -0.1) is 0 Å². The van der Waals surface area contributed by atoms with Crippen molar-refractivity contribution >= 4 is 13.7 Å². The Hall–Kier alpha value is -3.36. The van der Waals surface area contributed by atoms with Crippen LogP contribution in [0.1, 0.15) is 162 Å². The van der Waals surface area contributed by atoms with E-state index < -0.39 is 20.0 Å². The molecule has 0 aliphatic rings. The lowest BCUT2D eigenvalue weighted by atomic mass is 10.1. The van der Waals surface area contributed by atoms with Crippen molar-refractivity contribution < 1.29 is 32.9 Å². The van der Waals surface area contributed by atoms with Crippen LogP contribution >= 0.6 is 7.82 Å². The van der Waals surface area contributed by atoms with Crippen LogP contribution < -0.4 is 5.32 Å². The third kappa shape index (κ3) is 48.4. The van der Waals surface area contributed by atoms with E-state index in [9.17, 15) is 19.4 Å². The van der Waals surface area contributed by atoms with E-state index in [0.29, 0.717) is 17.4 Å². The van der Waals surface area contributed by atoms with Gasteiger partial charge in [0.15, 0.2) is 0 Å². The van der Waals surface area contributed by atoms with Gasteiger partial charge >= 0.3 is 7.82 Å². The van der Waals surface area contributed by atoms with E-state index in [1.807, 2.05) is 27.2 Å². The Morgan fingerprint density at radius 2 is 0.923 bits per heavy atom. The number of carbonyl (C=O) groups is 1. The van der Waals surface area contributed by atoms with Crippen LogP contribution in [0.2, 0.25) is 0 Å². The number of amides is 1. The topological polar surface area (TPSA) is 105 Å². The van der Waals surface area contributed by atoms with Crippen LogP contribution in [-0.4, -0.2) is 73.4 Å². The molecule has 0 fully saturated rings. The molecular weight excluding hydrogens is 828 g/mol. The van der Waals surface area contributed by atoms with Crippen molar-refractivity contribution in [2.45, 2.75) is 174 Å². The normalized spacial score (nSPS) is 15.2. The number of rotatable bonds is 43. The van der Waals surface area contributed by atoms with Gasteiger partial charge in [0.05, 0.1) is 39.9 Å². The zero-order valence-corrected chi connectivity index (χ0v) is 42.6. The average molecular weight is 922 g/mol. The van der Waals surface area contributed by atoms with Gasteiger partial charge in [-0.25, -0.2) is 4.57 Å². The predicted octanol–water partition coefficient (Wildman–Crippen LogP) is 14.8. The third-order valence-electron chi connectivity index (χ3n) is 10.1. The second-order valence-electron chi connectivity index (χ2n) is 17.5. The largest absolute Gasteiger partial charge is 0.472 e. The summed E-state index contributed by atoms with van der Waals surface area (Å²) in [7, 11) is 1.53. The summed E-state index contributed by atoms with van der Waals surface area (Å²) in [6.07, 6.45) is 69.8. The lowest BCUT2D eigenvalue weighted by Gasteiger charge is -2.25. The van der Waals surface area contributed by atoms with Crippen molar-refractivity contribution in [2.24, 2.45) is 0 Å². The molecule has 0 aliphatic carbocycles. The summed E-state index contributed by atoms with van der Waals surface area (Å²) in [6.45, 7) is 4.60. The highest BCUT2D eigenvalue weighted by atomic mass is 31.2. The van der Waals surface area contributed by atoms with Crippen molar-refractivity contribution in [3.8, 4) is 0 Å². The molecule has 3 unspecified atom stereocenters. The lowest BCUT2D eigenvalue weighted by molar-refractivity contribution is -0.870. The Kier molecular flexibility index (Phi) is 43.4. The summed E-state index contributed by atoms with van der Waals surface area (Å²) in [5.41, 5.74) is 0. The first-order valence-corrected chi connectivity index (χ1v) is 26.6. The number of likely N-dealkylation sites (N-methyl/N-ethyl adjacent to an activating group) is 1. The number of phosphoric acid groups is 1. The summed E-state index contributed by atoms with van der Waals surface area (Å²) in [4.78, 5) is 23.1. The lowest BCUT2D eigenvalue weighted by Crippen LogP contribution is -2.45. The molecule has 65 heavy (non-hydrogen) atoms. The Bertz CT molecular complexity index is 1510. The average Bonchev–Trinajstić information content (AvgIpc) is 3.26. The molecule has 1 amide bonds. The SMILES string of the molecule is CC/C=C\C/C=C\C/C=C\C/C=C\C/C=C\C/C=C\C/C=C\C/C=C\C/C=C\C/C=C\CCCCCCC(=O)NC(COP(=O)(O)OCC[N+](C)(C)C)C(O)/C=C/CCCCCCCC. The molecule has 0 aromatic rings. The van der Waals surface area contributed by atoms with Gasteiger partial charge in [-0.2, -0.15) is 0 Å². The number of aliphatic hydroxyl groups is 1. The minimum Gasteiger partial charge on any atom is -0.387 e. The highest BCUT2D eigenvalue weighted by Crippen LogP contribution is 2.43. The highest BCUT2D eigenvalue weighted by molar-refractivity contribution is 7.47. The molecule has 0 radical (unpaired) electrons. The molecule has 0 saturated carbocycles. The molecule has 0 spiro atoms. The molecule has 3 atom stereocenters. The van der Waals surface area contributed by atoms with E-state index in [2.05, 4.69) is 141 Å². The summed E-state index contributed by atoms with van der Waals surface area (Å²) in [6, 6.07) is -0.867. The minimum absolute atomic E-state index is 0.0481. The molecule has 0 saturated heterocycles. The first-order chi connectivity index (χ1) is 31.5. The van der Waals surface area contributed by atoms with Crippen LogP contribution in [0.25, 0.3) is 0 Å². The Morgan fingerprint density at radius 3 is 1.35 bits per heavy atom. The number of hydrogen-bond acceptors (Lipinski definition) is 5. The molecule has 9 heteroatoms. The zero-order valence-electron chi connectivity index (χ0n) is 41.7. The summed E-state index contributed by atoms with van der Waals surface area (Å²) in [5.74, 6) is -0.212. The number of nitrogens with one attached hydrogen (secondary N) is 1. The molecule has 0 aromatic heterocycles. The van der Waals surface area contributed by atoms with E-state index in [4.69, 9.17) is 9.05 Å². The molecule has 0 rings (SSSR count). The fourth-order valence-corrected chi connectivity index (χ4v) is 6.92. The maximum Gasteiger partial charge on any atom is 0.472 e. The van der Waals surface area contributed by atoms with Gasteiger partial charge in [-0.05, 0) is 96.3 Å². The summed E-state index contributed by atoms with van der Waals surface area (Å²) < 4.78 is 23.5. The minimum atomic E-state index is -4.35. The fraction of sp³-hybridized carbons (Fsp3) is 0.589. The predicted molar refractivity (Wildman–Crippen MR) is 281 cm³/mol. The number of quaternary nitrogens is 1. The zero-order chi connectivity index (χ0) is 47.8. The van der Waals surface area contributed by atoms with Crippen molar-refractivity contribution in [1.29, 1.82) is 0 Å². The molecule has 3 N–H and O–H groups in total. The number of hydrogen-bond donors (Lipinski definition) is 3. The first-order valence-electron chi connectivity index (χ1n) is 25.1. The molecule has 0 bridgehead atoms. The third-order valence-corrected chi connectivity index (χ3v) is 11.1. The smallest absolute Gasteiger partial charge is 0.387 e. The molecule has 0 aliphatic heterocycles. The number of carbonyl (C=O) groups excluding carboxylic acids is 1. The Morgan fingerprint density at radius 1 is 0.538 bits per heavy atom. The molecule has 8 nitrogen and oxygen atoms in total. The van der Waals surface area contributed by atoms with Crippen LogP contribution in [0.15, 0.2) is 134 Å². The van der Waals surface area contributed by atoms with Crippen LogP contribution in [0, 0.1) is 0 Å². The molecular formula is C56H94N2O6P+. The maximum atomic E-state index is 12.8. The van der Waals surface area contributed by atoms with E-state index in [1.54, 1.807) is 6.08 Å². The molecule has 368 valence electrons. The van der Waals surface area contributed by atoms with Gasteiger partial charge in [-0.3, -0.25) is 13.8 Å². The number of allylic oxidation sites excluding steroid dienone is 21. The maximum absolute atomic E-state index is 12.8. The van der Waals surface area contributed by atoms with Gasteiger partial charge in [0.25, 0.3) is 0 Å². The standard InChI is InChI=1S/C56H93N2O6P/c1-6-8-10-12-14-16-17-18-19-20-21-22-23-24-25-26-27-28-29-30-31-32-33-34-35-36-37-38-39-40-41-42-44-46-48-50-56(60)57-54(53-64-65(61,62)63-52-51-58(3,4)5)55(59)49-47-45-43-15-13-11-9-7-2/h8,10,14,16,18-19,21-22,24-25,27-28,30-31,33-34,36-37,39-40,47,49,54-55,59H,6-7,9,11-13,15,17,20,23,26,29,32,35,38,41-46,48,50-53H2,1-5H3,(H-,57,60,61,62)/p+1/b10-8-,16-14-,19-18-,22-21-,25-24-,28-27-,31-30-,34-33-,37-36-,40-39-,49-47+. The first kappa shape index (κ1) is 61.6. The van der Waals surface area contributed by atoms with Gasteiger partial charge in [0.1, 0.15) is 13.2 Å². The van der Waals surface area contributed by atoms with Gasteiger partial charge in [0, 0.05) is 6.42 Å². The van der Waals surface area contributed by atoms with Crippen molar-refractivity contribution in [3.05, 3.63) is 134 Å². The van der Waals surface area contributed by atoms with Gasteiger partial charge in [-0.1, -0.05) is 192 Å². The van der Waals surface area contributed by atoms with Crippen LogP contribution in [0.4, 0.5) is 0 Å². The Labute approximate surface area is 398 Å². The summed E-state index contributed by atoms with van der Waals surface area (Å²) in [5, 5.41) is 13.7. The monoisotopic (exact) mass is 922 g/mol.